The summed E-state index contributed by atoms with van der Waals surface area (Å²) in [5.74, 6) is 2.24. The van der Waals surface area contributed by atoms with Crippen molar-refractivity contribution < 1.29 is 19.0 Å². The van der Waals surface area contributed by atoms with Crippen LogP contribution in [-0.2, 0) is 0 Å². The van der Waals surface area contributed by atoms with Gasteiger partial charge in [0.15, 0.2) is 5.78 Å². The summed E-state index contributed by atoms with van der Waals surface area (Å²) in [6, 6.07) is 19.7. The van der Waals surface area contributed by atoms with Gasteiger partial charge in [0.05, 0.1) is 31.0 Å². The van der Waals surface area contributed by atoms with Crippen molar-refractivity contribution in [3.63, 3.8) is 0 Å². The number of rotatable bonds is 16. The zero-order valence-corrected chi connectivity index (χ0v) is 27.6. The number of ketones is 1. The molecule has 1 heterocycles. The second kappa shape index (κ2) is 14.9. The minimum atomic E-state index is -0.0157. The highest BCUT2D eigenvalue weighted by Gasteiger charge is 2.33. The zero-order chi connectivity index (χ0) is 31.9. The van der Waals surface area contributed by atoms with Gasteiger partial charge in [0, 0.05) is 47.3 Å². The van der Waals surface area contributed by atoms with Crippen LogP contribution in [0.3, 0.4) is 0 Å². The Morgan fingerprint density at radius 3 is 1.67 bits per heavy atom. The predicted molar refractivity (Wildman–Crippen MR) is 182 cm³/mol. The first kappa shape index (κ1) is 32.4. The van der Waals surface area contributed by atoms with Crippen LogP contribution in [0, 0.1) is 0 Å². The number of benzene rings is 3. The topological polar surface area (TPSA) is 67.4 Å². The van der Waals surface area contributed by atoms with Crippen molar-refractivity contribution in [2.45, 2.75) is 19.3 Å². The van der Waals surface area contributed by atoms with E-state index in [9.17, 15) is 4.79 Å². The second-order valence-electron chi connectivity index (χ2n) is 12.5. The molecule has 1 aliphatic rings. The van der Waals surface area contributed by atoms with Gasteiger partial charge >= 0.3 is 0 Å². The van der Waals surface area contributed by atoms with Crippen LogP contribution in [0.4, 0.5) is 0 Å². The van der Waals surface area contributed by atoms with E-state index in [1.807, 2.05) is 60.7 Å². The summed E-state index contributed by atoms with van der Waals surface area (Å²) in [7, 11) is 12.3. The SMILES string of the molecule is CN(C)CCCOc1ccc(-c2nc3ccc(OCCCN(C)C)cc3c3c2-c2ccc(OCCCN(C)C)cc2C3=O)cc1. The first-order chi connectivity index (χ1) is 21.7. The van der Waals surface area contributed by atoms with Crippen molar-refractivity contribution in [2.24, 2.45) is 0 Å². The smallest absolute Gasteiger partial charge is 0.195 e. The molecule has 0 saturated heterocycles. The lowest BCUT2D eigenvalue weighted by molar-refractivity contribution is 0.104. The van der Waals surface area contributed by atoms with Crippen molar-refractivity contribution >= 4 is 16.7 Å². The Hall–Kier alpha value is -3.98. The fraction of sp³-hybridized carbons (Fsp3) is 0.405. The minimum Gasteiger partial charge on any atom is -0.494 e. The highest BCUT2D eigenvalue weighted by molar-refractivity contribution is 6.29. The van der Waals surface area contributed by atoms with E-state index in [4.69, 9.17) is 19.2 Å². The molecule has 0 aliphatic heterocycles. The Morgan fingerprint density at radius 2 is 1.09 bits per heavy atom. The molecule has 0 amide bonds. The van der Waals surface area contributed by atoms with Gasteiger partial charge in [0.1, 0.15) is 17.2 Å². The van der Waals surface area contributed by atoms with E-state index in [1.54, 1.807) is 0 Å². The molecule has 0 N–H and O–H groups in total. The van der Waals surface area contributed by atoms with Gasteiger partial charge in [-0.25, -0.2) is 4.98 Å². The van der Waals surface area contributed by atoms with Crippen LogP contribution in [0.15, 0.2) is 60.7 Å². The average molecular weight is 611 g/mol. The quantitative estimate of drug-likeness (QED) is 0.124. The van der Waals surface area contributed by atoms with E-state index in [0.717, 1.165) is 83.7 Å². The van der Waals surface area contributed by atoms with E-state index in [2.05, 4.69) is 57.0 Å². The van der Waals surface area contributed by atoms with Gasteiger partial charge in [-0.05, 0) is 128 Å². The minimum absolute atomic E-state index is 0.0157. The van der Waals surface area contributed by atoms with E-state index >= 15 is 0 Å². The number of nitrogens with zero attached hydrogens (tertiary/aromatic N) is 4. The number of carbonyl (C=O) groups excluding carboxylic acids is 1. The molecule has 238 valence electrons. The molecule has 0 radical (unpaired) electrons. The van der Waals surface area contributed by atoms with Gasteiger partial charge < -0.3 is 28.9 Å². The molecular formula is C37H46N4O4. The molecule has 0 bridgehead atoms. The van der Waals surface area contributed by atoms with E-state index < -0.39 is 0 Å². The first-order valence-corrected chi connectivity index (χ1v) is 15.8. The normalized spacial score (nSPS) is 12.3. The summed E-state index contributed by atoms with van der Waals surface area (Å²) in [6.07, 6.45) is 2.77. The van der Waals surface area contributed by atoms with Crippen molar-refractivity contribution in [3.05, 3.63) is 71.8 Å². The lowest BCUT2D eigenvalue weighted by Crippen LogP contribution is -2.15. The van der Waals surface area contributed by atoms with Crippen LogP contribution in [0.25, 0.3) is 33.3 Å². The number of carbonyl (C=O) groups is 1. The number of pyridine rings is 1. The molecule has 45 heavy (non-hydrogen) atoms. The van der Waals surface area contributed by atoms with Gasteiger partial charge in [0.2, 0.25) is 0 Å². The van der Waals surface area contributed by atoms with Crippen molar-refractivity contribution in [1.82, 2.24) is 19.7 Å². The van der Waals surface area contributed by atoms with Crippen LogP contribution in [0.2, 0.25) is 0 Å². The molecule has 3 aromatic carbocycles. The lowest BCUT2D eigenvalue weighted by atomic mass is 9.96. The van der Waals surface area contributed by atoms with E-state index in [0.29, 0.717) is 36.7 Å². The van der Waals surface area contributed by atoms with Gasteiger partial charge in [-0.1, -0.05) is 0 Å². The largest absolute Gasteiger partial charge is 0.494 e. The summed E-state index contributed by atoms with van der Waals surface area (Å²) in [5.41, 5.74) is 5.51. The van der Waals surface area contributed by atoms with Crippen LogP contribution in [0.5, 0.6) is 17.2 Å². The van der Waals surface area contributed by atoms with Crippen molar-refractivity contribution in [3.8, 4) is 39.6 Å². The Labute approximate surface area is 267 Å². The number of hydrogen-bond acceptors (Lipinski definition) is 8. The molecule has 0 saturated carbocycles. The van der Waals surface area contributed by atoms with Crippen LogP contribution in [-0.4, -0.2) is 107 Å². The van der Waals surface area contributed by atoms with Gasteiger partial charge in [-0.3, -0.25) is 4.79 Å². The molecule has 8 heteroatoms. The van der Waals surface area contributed by atoms with E-state index in [1.165, 1.54) is 0 Å². The summed E-state index contributed by atoms with van der Waals surface area (Å²) < 4.78 is 18.1. The molecule has 5 rings (SSSR count). The summed E-state index contributed by atoms with van der Waals surface area (Å²) in [5, 5.41) is 0.800. The molecule has 1 aromatic heterocycles. The Balaban J connectivity index is 1.49. The first-order valence-electron chi connectivity index (χ1n) is 15.8. The van der Waals surface area contributed by atoms with Crippen molar-refractivity contribution in [2.75, 3.05) is 81.7 Å². The van der Waals surface area contributed by atoms with Crippen LogP contribution >= 0.6 is 0 Å². The predicted octanol–water partition coefficient (Wildman–Crippen LogP) is 6.10. The Kier molecular flexibility index (Phi) is 10.7. The molecular weight excluding hydrogens is 564 g/mol. The number of hydrogen-bond donors (Lipinski definition) is 0. The lowest BCUT2D eigenvalue weighted by Gasteiger charge is -2.15. The van der Waals surface area contributed by atoms with Crippen LogP contribution < -0.4 is 14.2 Å². The second-order valence-corrected chi connectivity index (χ2v) is 12.5. The highest BCUT2D eigenvalue weighted by atomic mass is 16.5. The van der Waals surface area contributed by atoms with Crippen LogP contribution in [0.1, 0.15) is 35.2 Å². The summed E-state index contributed by atoms with van der Waals surface area (Å²) in [4.78, 5) is 25.8. The molecule has 0 atom stereocenters. The third-order valence-electron chi connectivity index (χ3n) is 7.87. The van der Waals surface area contributed by atoms with Gasteiger partial charge in [-0.2, -0.15) is 0 Å². The summed E-state index contributed by atoms with van der Waals surface area (Å²) in [6.45, 7) is 4.71. The molecule has 4 aromatic rings. The molecule has 0 spiro atoms. The standard InChI is InChI=1S/C37H46N4O4/c1-39(2)18-7-21-43-27-12-10-26(11-13-27)36-34-30-16-14-28(44-22-8-19-40(3)4)24-31(30)37(42)35(34)32-25-29(15-17-33(32)38-36)45-23-9-20-41(5)6/h10-17,24-25H,7-9,18-23H2,1-6H3. The van der Waals surface area contributed by atoms with Crippen molar-refractivity contribution in [1.29, 1.82) is 0 Å². The maximum atomic E-state index is 14.2. The maximum Gasteiger partial charge on any atom is 0.195 e. The molecule has 0 fully saturated rings. The van der Waals surface area contributed by atoms with Gasteiger partial charge in [0.25, 0.3) is 0 Å². The Bertz CT molecular complexity index is 1620. The summed E-state index contributed by atoms with van der Waals surface area (Å²) >= 11 is 0. The van der Waals surface area contributed by atoms with Gasteiger partial charge in [-0.15, -0.1) is 0 Å². The molecule has 0 unspecified atom stereocenters. The monoisotopic (exact) mass is 610 g/mol. The Morgan fingerprint density at radius 1 is 0.578 bits per heavy atom. The fourth-order valence-electron chi connectivity index (χ4n) is 5.61. The zero-order valence-electron chi connectivity index (χ0n) is 27.6. The third-order valence-corrected chi connectivity index (χ3v) is 7.87. The number of fused-ring (bicyclic) bond motifs is 5. The third kappa shape index (κ3) is 8.00. The van der Waals surface area contributed by atoms with E-state index in [-0.39, 0.29) is 5.78 Å². The fourth-order valence-corrected chi connectivity index (χ4v) is 5.61. The average Bonchev–Trinajstić information content (AvgIpc) is 3.31. The number of aromatic nitrogens is 1. The highest BCUT2D eigenvalue weighted by Crippen LogP contribution is 2.46. The number of ether oxygens (including phenoxy) is 3. The molecule has 1 aliphatic carbocycles. The molecule has 8 nitrogen and oxygen atoms in total. The maximum absolute atomic E-state index is 14.2.